The Hall–Kier alpha value is -2.25. The van der Waals surface area contributed by atoms with Crippen molar-refractivity contribution in [3.63, 3.8) is 0 Å². The smallest absolute Gasteiger partial charge is 0.228 e. The Balaban J connectivity index is 1.83. The van der Waals surface area contributed by atoms with Crippen molar-refractivity contribution in [2.24, 2.45) is 0 Å². The molecule has 1 fully saturated rings. The summed E-state index contributed by atoms with van der Waals surface area (Å²) < 4.78 is 44.5. The van der Waals surface area contributed by atoms with Gasteiger partial charge < -0.3 is 29.0 Å². The van der Waals surface area contributed by atoms with Gasteiger partial charge in [-0.15, -0.1) is 0 Å². The fourth-order valence-corrected chi connectivity index (χ4v) is 5.84. The van der Waals surface area contributed by atoms with Gasteiger partial charge in [-0.1, -0.05) is 12.1 Å². The number of hydrogen-bond donors (Lipinski definition) is 1. The highest BCUT2D eigenvalue weighted by molar-refractivity contribution is 7.90. The number of nitrogens with zero attached hydrogens (tertiary/aromatic N) is 4. The average molecular weight is 540 g/mol. The van der Waals surface area contributed by atoms with Gasteiger partial charge in [0.25, 0.3) is 0 Å². The summed E-state index contributed by atoms with van der Waals surface area (Å²) in [5.74, 6) is 0.434. The molecule has 0 bridgehead atoms. The fraction of sp³-hybridized carbons (Fsp3) is 0.583. The summed E-state index contributed by atoms with van der Waals surface area (Å²) in [5.41, 5.74) is 1.40. The number of rotatable bonds is 13. The van der Waals surface area contributed by atoms with Crippen LogP contribution in [0.15, 0.2) is 35.6 Å². The minimum absolute atomic E-state index is 0.0277. The first-order chi connectivity index (χ1) is 17.4. The molecule has 0 amide bonds. The number of thiocarbonyl (C=S) groups is 1. The van der Waals surface area contributed by atoms with Crippen LogP contribution in [0.25, 0.3) is 0 Å². The van der Waals surface area contributed by atoms with Crippen LogP contribution in [0.1, 0.15) is 18.2 Å². The maximum atomic E-state index is 13.4. The third-order valence-corrected chi connectivity index (χ3v) is 7.95. The van der Waals surface area contributed by atoms with Crippen LogP contribution in [0.5, 0.6) is 5.75 Å². The van der Waals surface area contributed by atoms with Gasteiger partial charge in [-0.25, -0.2) is 13.4 Å². The first-order valence-electron chi connectivity index (χ1n) is 12.1. The van der Waals surface area contributed by atoms with E-state index in [1.165, 1.54) is 0 Å². The lowest BCUT2D eigenvalue weighted by molar-refractivity contribution is 0.0356. The molecule has 0 radical (unpaired) electrons. The van der Waals surface area contributed by atoms with Crippen molar-refractivity contribution in [1.82, 2.24) is 24.7 Å². The highest BCUT2D eigenvalue weighted by atomic mass is 32.2. The Labute approximate surface area is 219 Å². The Morgan fingerprint density at radius 1 is 1.25 bits per heavy atom. The molecule has 1 aliphatic rings. The molecule has 36 heavy (non-hydrogen) atoms. The van der Waals surface area contributed by atoms with E-state index >= 15 is 0 Å². The van der Waals surface area contributed by atoms with Crippen molar-refractivity contribution in [2.75, 3.05) is 66.8 Å². The number of methoxy groups -OCH3 is 2. The number of benzene rings is 1. The van der Waals surface area contributed by atoms with Crippen molar-refractivity contribution in [2.45, 2.75) is 30.9 Å². The van der Waals surface area contributed by atoms with Crippen LogP contribution in [0.3, 0.4) is 0 Å². The van der Waals surface area contributed by atoms with Gasteiger partial charge in [-0.05, 0) is 36.8 Å². The SMILES string of the molecule is CCNC(=S)N(CCN1CCOCC1)Cc1cnc(S(=O)(=O)Cc2cccc(OC)c2)n1CCOC. The van der Waals surface area contributed by atoms with E-state index < -0.39 is 9.84 Å². The molecule has 1 saturated heterocycles. The number of aromatic nitrogens is 2. The standard InChI is InChI=1S/C24H37N5O5S2/c1-4-25-23(35)28(9-8-27-10-14-34-15-11-27)18-21-17-26-24(29(21)12-13-32-2)36(30,31)19-20-6-5-7-22(16-20)33-3/h5-7,16-17H,4,8-15,18-19H2,1-3H3,(H,25,35). The molecule has 1 aromatic carbocycles. The average Bonchev–Trinajstić information content (AvgIpc) is 3.29. The van der Waals surface area contributed by atoms with Crippen LogP contribution in [0.4, 0.5) is 0 Å². The largest absolute Gasteiger partial charge is 0.497 e. The van der Waals surface area contributed by atoms with E-state index in [4.69, 9.17) is 26.4 Å². The molecule has 0 aliphatic carbocycles. The molecule has 2 aromatic rings. The minimum Gasteiger partial charge on any atom is -0.497 e. The molecule has 12 heteroatoms. The summed E-state index contributed by atoms with van der Waals surface area (Å²) in [5, 5.41) is 3.88. The van der Waals surface area contributed by atoms with E-state index in [0.717, 1.165) is 38.5 Å². The van der Waals surface area contributed by atoms with Gasteiger partial charge in [0.15, 0.2) is 5.11 Å². The van der Waals surface area contributed by atoms with Gasteiger partial charge >= 0.3 is 0 Å². The normalized spacial score (nSPS) is 14.5. The third kappa shape index (κ3) is 7.87. The summed E-state index contributed by atoms with van der Waals surface area (Å²) in [6.45, 7) is 8.64. The van der Waals surface area contributed by atoms with E-state index in [-0.39, 0.29) is 10.9 Å². The molecular formula is C24H37N5O5S2. The molecule has 1 N–H and O–H groups in total. The Kier molecular flexibility index (Phi) is 10.9. The molecule has 1 aliphatic heterocycles. The number of ether oxygens (including phenoxy) is 3. The third-order valence-electron chi connectivity index (χ3n) is 5.95. The lowest BCUT2D eigenvalue weighted by atomic mass is 10.2. The molecule has 1 aromatic heterocycles. The topological polar surface area (TPSA) is 98.2 Å². The summed E-state index contributed by atoms with van der Waals surface area (Å²) in [6, 6.07) is 7.06. The van der Waals surface area contributed by atoms with Crippen LogP contribution in [0, 0.1) is 0 Å². The predicted molar refractivity (Wildman–Crippen MR) is 142 cm³/mol. The molecule has 3 rings (SSSR count). The molecular weight excluding hydrogens is 502 g/mol. The van der Waals surface area contributed by atoms with Crippen LogP contribution in [0.2, 0.25) is 0 Å². The summed E-state index contributed by atoms with van der Waals surface area (Å²) in [6.07, 6.45) is 1.63. The Morgan fingerprint density at radius 3 is 2.72 bits per heavy atom. The number of nitrogens with one attached hydrogen (secondary N) is 1. The number of hydrogen-bond acceptors (Lipinski definition) is 8. The van der Waals surface area contributed by atoms with Crippen molar-refractivity contribution in [3.05, 3.63) is 41.7 Å². The molecule has 0 spiro atoms. The number of sulfone groups is 1. The first kappa shape index (κ1) is 28.3. The highest BCUT2D eigenvalue weighted by Gasteiger charge is 2.25. The van der Waals surface area contributed by atoms with E-state index in [9.17, 15) is 8.42 Å². The van der Waals surface area contributed by atoms with Crippen molar-refractivity contribution in [1.29, 1.82) is 0 Å². The second kappa shape index (κ2) is 13.9. The maximum absolute atomic E-state index is 13.4. The molecule has 0 atom stereocenters. The Morgan fingerprint density at radius 2 is 2.03 bits per heavy atom. The molecule has 0 saturated carbocycles. The van der Waals surface area contributed by atoms with Crippen LogP contribution >= 0.6 is 12.2 Å². The van der Waals surface area contributed by atoms with Crippen LogP contribution in [-0.2, 0) is 38.2 Å². The van der Waals surface area contributed by atoms with Gasteiger partial charge in [0.2, 0.25) is 15.0 Å². The lowest BCUT2D eigenvalue weighted by Gasteiger charge is -2.31. The predicted octanol–water partition coefficient (Wildman–Crippen LogP) is 1.54. The summed E-state index contributed by atoms with van der Waals surface area (Å²) in [7, 11) is -0.574. The quantitative estimate of drug-likeness (QED) is 0.378. The summed E-state index contributed by atoms with van der Waals surface area (Å²) in [4.78, 5) is 8.77. The highest BCUT2D eigenvalue weighted by Crippen LogP contribution is 2.21. The zero-order valence-corrected chi connectivity index (χ0v) is 22.9. The second-order valence-electron chi connectivity index (χ2n) is 8.50. The second-order valence-corrected chi connectivity index (χ2v) is 10.8. The summed E-state index contributed by atoms with van der Waals surface area (Å²) >= 11 is 5.65. The van der Waals surface area contributed by atoms with Gasteiger partial charge in [0.1, 0.15) is 5.75 Å². The van der Waals surface area contributed by atoms with E-state index in [0.29, 0.717) is 49.2 Å². The van der Waals surface area contributed by atoms with Gasteiger partial charge in [0, 0.05) is 46.4 Å². The molecule has 2 heterocycles. The monoisotopic (exact) mass is 539 g/mol. The minimum atomic E-state index is -3.72. The van der Waals surface area contributed by atoms with Crippen LogP contribution in [-0.4, -0.2) is 99.6 Å². The number of morpholine rings is 1. The molecule has 0 unspecified atom stereocenters. The van der Waals surface area contributed by atoms with Crippen molar-refractivity contribution in [3.8, 4) is 5.75 Å². The van der Waals surface area contributed by atoms with Gasteiger partial charge in [0.05, 0.1) is 51.1 Å². The Bertz CT molecular complexity index is 1090. The molecule has 200 valence electrons. The maximum Gasteiger partial charge on any atom is 0.228 e. The number of imidazole rings is 1. The van der Waals surface area contributed by atoms with Gasteiger partial charge in [-0.2, -0.15) is 0 Å². The van der Waals surface area contributed by atoms with E-state index in [1.807, 2.05) is 6.92 Å². The van der Waals surface area contributed by atoms with Crippen molar-refractivity contribution >= 4 is 27.2 Å². The van der Waals surface area contributed by atoms with E-state index in [1.54, 1.807) is 49.2 Å². The van der Waals surface area contributed by atoms with E-state index in [2.05, 4.69) is 20.1 Å². The lowest BCUT2D eigenvalue weighted by Crippen LogP contribution is -2.46. The zero-order chi connectivity index (χ0) is 26.0. The molecule has 10 nitrogen and oxygen atoms in total. The zero-order valence-electron chi connectivity index (χ0n) is 21.3. The van der Waals surface area contributed by atoms with Gasteiger partial charge in [-0.3, -0.25) is 4.90 Å². The fourth-order valence-electron chi connectivity index (χ4n) is 4.03. The van der Waals surface area contributed by atoms with Crippen molar-refractivity contribution < 1.29 is 22.6 Å². The van der Waals surface area contributed by atoms with Crippen LogP contribution < -0.4 is 10.1 Å². The first-order valence-corrected chi connectivity index (χ1v) is 14.2.